The van der Waals surface area contributed by atoms with Gasteiger partial charge < -0.3 is 4.52 Å². The van der Waals surface area contributed by atoms with E-state index in [1.807, 2.05) is 0 Å². The Morgan fingerprint density at radius 2 is 2.14 bits per heavy atom. The molecule has 0 aliphatic carbocycles. The summed E-state index contributed by atoms with van der Waals surface area (Å²) in [6.07, 6.45) is 5.64. The molecule has 0 N–H and O–H groups in total. The number of benzene rings is 1. The average Bonchev–Trinajstić information content (AvgIpc) is 3.16. The van der Waals surface area contributed by atoms with E-state index in [1.165, 1.54) is 18.4 Å². The van der Waals surface area contributed by atoms with E-state index in [4.69, 9.17) is 4.52 Å². The van der Waals surface area contributed by atoms with Gasteiger partial charge in [0.05, 0.1) is 6.54 Å². The lowest BCUT2D eigenvalue weighted by Crippen LogP contribution is -2.22. The van der Waals surface area contributed by atoms with E-state index in [0.717, 1.165) is 44.1 Å². The molecule has 4 nitrogen and oxygen atoms in total. The van der Waals surface area contributed by atoms with Gasteiger partial charge in [0, 0.05) is 12.5 Å². The van der Waals surface area contributed by atoms with E-state index in [0.29, 0.717) is 6.04 Å². The van der Waals surface area contributed by atoms with Crippen molar-refractivity contribution in [2.24, 2.45) is 0 Å². The third-order valence-corrected chi connectivity index (χ3v) is 4.15. The molecule has 21 heavy (non-hydrogen) atoms. The van der Waals surface area contributed by atoms with Crippen LogP contribution in [0, 0.1) is 0 Å². The van der Waals surface area contributed by atoms with Gasteiger partial charge >= 0.3 is 0 Å². The number of rotatable bonds is 6. The summed E-state index contributed by atoms with van der Waals surface area (Å²) >= 11 is 0. The maximum Gasteiger partial charge on any atom is 0.240 e. The fourth-order valence-corrected chi connectivity index (χ4v) is 3.03. The monoisotopic (exact) mass is 285 g/mol. The van der Waals surface area contributed by atoms with Gasteiger partial charge in [0.25, 0.3) is 0 Å². The lowest BCUT2D eigenvalue weighted by Gasteiger charge is -2.22. The molecular formula is C17H23N3O. The van der Waals surface area contributed by atoms with E-state index >= 15 is 0 Å². The van der Waals surface area contributed by atoms with Crippen LogP contribution in [0.1, 0.15) is 55.9 Å². The second kappa shape index (κ2) is 6.85. The van der Waals surface area contributed by atoms with Gasteiger partial charge in [-0.05, 0) is 31.4 Å². The Morgan fingerprint density at radius 3 is 2.95 bits per heavy atom. The number of hydrogen-bond acceptors (Lipinski definition) is 4. The first-order chi connectivity index (χ1) is 10.4. The summed E-state index contributed by atoms with van der Waals surface area (Å²) in [6.45, 7) is 4.04. The maximum atomic E-state index is 5.41. The molecule has 0 amide bonds. The van der Waals surface area contributed by atoms with Crippen molar-refractivity contribution in [2.75, 3.05) is 6.54 Å². The molecule has 1 saturated heterocycles. The molecule has 1 aliphatic rings. The lowest BCUT2D eigenvalue weighted by molar-refractivity contribution is 0.212. The molecule has 1 aromatic carbocycles. The zero-order valence-electron chi connectivity index (χ0n) is 12.7. The van der Waals surface area contributed by atoms with Gasteiger partial charge in [-0.2, -0.15) is 4.98 Å². The highest BCUT2D eigenvalue weighted by molar-refractivity contribution is 5.20. The first-order valence-corrected chi connectivity index (χ1v) is 7.97. The first kappa shape index (κ1) is 14.3. The maximum absolute atomic E-state index is 5.41. The minimum absolute atomic E-state index is 0.484. The molecule has 4 heteroatoms. The Morgan fingerprint density at radius 1 is 1.29 bits per heavy atom. The summed E-state index contributed by atoms with van der Waals surface area (Å²) in [7, 11) is 0. The summed E-state index contributed by atoms with van der Waals surface area (Å²) in [5.74, 6) is 1.60. The largest absolute Gasteiger partial charge is 0.338 e. The van der Waals surface area contributed by atoms with Crippen molar-refractivity contribution in [3.8, 4) is 0 Å². The van der Waals surface area contributed by atoms with Crippen LogP contribution in [0.15, 0.2) is 34.9 Å². The predicted molar refractivity (Wildman–Crippen MR) is 81.7 cm³/mol. The highest BCUT2D eigenvalue weighted by Crippen LogP contribution is 2.32. The molecular weight excluding hydrogens is 262 g/mol. The molecule has 1 fully saturated rings. The highest BCUT2D eigenvalue weighted by Gasteiger charge is 2.27. The molecule has 0 radical (unpaired) electrons. The molecule has 1 aromatic heterocycles. The van der Waals surface area contributed by atoms with E-state index in [2.05, 4.69) is 52.3 Å². The minimum Gasteiger partial charge on any atom is -0.338 e. The molecule has 3 rings (SSSR count). The fraction of sp³-hybridized carbons (Fsp3) is 0.529. The molecule has 1 aliphatic heterocycles. The van der Waals surface area contributed by atoms with Gasteiger partial charge in [-0.15, -0.1) is 0 Å². The van der Waals surface area contributed by atoms with E-state index in [9.17, 15) is 0 Å². The summed E-state index contributed by atoms with van der Waals surface area (Å²) in [5.41, 5.74) is 1.39. The third kappa shape index (κ3) is 3.50. The van der Waals surface area contributed by atoms with Crippen LogP contribution in [0.2, 0.25) is 0 Å². The Hall–Kier alpha value is -1.68. The van der Waals surface area contributed by atoms with Gasteiger partial charge in [0.15, 0.2) is 5.82 Å². The molecule has 0 saturated carbocycles. The zero-order valence-corrected chi connectivity index (χ0v) is 12.7. The summed E-state index contributed by atoms with van der Waals surface area (Å²) < 4.78 is 5.41. The SMILES string of the molecule is CCCCc1noc(CN2CCCC2c2ccccc2)n1. The highest BCUT2D eigenvalue weighted by atomic mass is 16.5. The molecule has 2 heterocycles. The Kier molecular flexibility index (Phi) is 4.65. The van der Waals surface area contributed by atoms with Crippen LogP contribution in [-0.4, -0.2) is 21.6 Å². The Labute approximate surface area is 126 Å². The molecule has 1 atom stereocenters. The summed E-state index contributed by atoms with van der Waals surface area (Å²) in [6, 6.07) is 11.2. The lowest BCUT2D eigenvalue weighted by atomic mass is 10.0. The van der Waals surface area contributed by atoms with Crippen molar-refractivity contribution >= 4 is 0 Å². The quantitative estimate of drug-likeness (QED) is 0.810. The Balaban J connectivity index is 1.65. The second-order valence-corrected chi connectivity index (χ2v) is 5.75. The van der Waals surface area contributed by atoms with Crippen molar-refractivity contribution in [2.45, 2.75) is 51.6 Å². The second-order valence-electron chi connectivity index (χ2n) is 5.75. The van der Waals surface area contributed by atoms with Crippen LogP contribution < -0.4 is 0 Å². The van der Waals surface area contributed by atoms with Gasteiger partial charge in [-0.1, -0.05) is 48.8 Å². The van der Waals surface area contributed by atoms with Crippen molar-refractivity contribution in [1.82, 2.24) is 15.0 Å². The van der Waals surface area contributed by atoms with Crippen LogP contribution in [-0.2, 0) is 13.0 Å². The van der Waals surface area contributed by atoms with Crippen LogP contribution >= 0.6 is 0 Å². The van der Waals surface area contributed by atoms with Gasteiger partial charge in [-0.3, -0.25) is 4.90 Å². The minimum atomic E-state index is 0.484. The van der Waals surface area contributed by atoms with Gasteiger partial charge in [0.1, 0.15) is 0 Å². The zero-order chi connectivity index (χ0) is 14.5. The number of unbranched alkanes of at least 4 members (excludes halogenated alkanes) is 1. The molecule has 0 spiro atoms. The number of aromatic nitrogens is 2. The van der Waals surface area contributed by atoms with Crippen molar-refractivity contribution in [1.29, 1.82) is 0 Å². The van der Waals surface area contributed by atoms with Crippen LogP contribution in [0.3, 0.4) is 0 Å². The molecule has 2 aromatic rings. The van der Waals surface area contributed by atoms with Crippen molar-refractivity contribution in [3.63, 3.8) is 0 Å². The molecule has 1 unspecified atom stereocenters. The van der Waals surface area contributed by atoms with E-state index in [-0.39, 0.29) is 0 Å². The molecule has 0 bridgehead atoms. The smallest absolute Gasteiger partial charge is 0.240 e. The van der Waals surface area contributed by atoms with Crippen molar-refractivity contribution < 1.29 is 4.52 Å². The standard InChI is InChI=1S/C17H23N3O/c1-2-3-11-16-18-17(21-19-16)13-20-12-7-10-15(20)14-8-5-4-6-9-14/h4-6,8-9,15H,2-3,7,10-13H2,1H3. The number of nitrogens with zero attached hydrogens (tertiary/aromatic N) is 3. The Bertz CT molecular complexity index is 552. The fourth-order valence-electron chi connectivity index (χ4n) is 3.03. The average molecular weight is 285 g/mol. The first-order valence-electron chi connectivity index (χ1n) is 7.97. The van der Waals surface area contributed by atoms with E-state index < -0.39 is 0 Å². The number of aryl methyl sites for hydroxylation is 1. The summed E-state index contributed by atoms with van der Waals surface area (Å²) in [4.78, 5) is 6.97. The van der Waals surface area contributed by atoms with Gasteiger partial charge in [0.2, 0.25) is 5.89 Å². The van der Waals surface area contributed by atoms with Gasteiger partial charge in [-0.25, -0.2) is 0 Å². The van der Waals surface area contributed by atoms with Crippen LogP contribution in [0.25, 0.3) is 0 Å². The number of hydrogen-bond donors (Lipinski definition) is 0. The number of likely N-dealkylation sites (tertiary alicyclic amines) is 1. The van der Waals surface area contributed by atoms with E-state index in [1.54, 1.807) is 0 Å². The van der Waals surface area contributed by atoms with Crippen LogP contribution in [0.4, 0.5) is 0 Å². The normalized spacial score (nSPS) is 19.2. The van der Waals surface area contributed by atoms with Crippen molar-refractivity contribution in [3.05, 3.63) is 47.6 Å². The topological polar surface area (TPSA) is 42.2 Å². The van der Waals surface area contributed by atoms with Crippen LogP contribution in [0.5, 0.6) is 0 Å². The summed E-state index contributed by atoms with van der Waals surface area (Å²) in [5, 5.41) is 4.08. The molecule has 112 valence electrons. The third-order valence-electron chi connectivity index (χ3n) is 4.15. The predicted octanol–water partition coefficient (Wildman–Crippen LogP) is 3.75.